The van der Waals surface area contributed by atoms with Gasteiger partial charge in [-0.15, -0.1) is 0 Å². The molecule has 3 nitrogen and oxygen atoms in total. The van der Waals surface area contributed by atoms with Gasteiger partial charge in [0.15, 0.2) is 0 Å². The zero-order valence-corrected chi connectivity index (χ0v) is 13.2. The van der Waals surface area contributed by atoms with Crippen LogP contribution in [0.15, 0.2) is 18.2 Å². The lowest BCUT2D eigenvalue weighted by atomic mass is 9.88. The first-order valence-electron chi connectivity index (χ1n) is 7.09. The summed E-state index contributed by atoms with van der Waals surface area (Å²) in [6.07, 6.45) is 1.41. The third kappa shape index (κ3) is 4.09. The molecule has 1 fully saturated rings. The highest BCUT2D eigenvalue weighted by Gasteiger charge is 2.29. The average Bonchev–Trinajstić information content (AvgIpc) is 2.41. The van der Waals surface area contributed by atoms with Crippen LogP contribution in [-0.4, -0.2) is 35.2 Å². The number of halogens is 2. The van der Waals surface area contributed by atoms with Crippen LogP contribution in [-0.2, 0) is 6.54 Å². The second kappa shape index (κ2) is 7.10. The van der Waals surface area contributed by atoms with E-state index in [4.69, 9.17) is 28.9 Å². The summed E-state index contributed by atoms with van der Waals surface area (Å²) in [5.41, 5.74) is 7.24. The largest absolute Gasteiger partial charge is 0.393 e. The van der Waals surface area contributed by atoms with Crippen molar-refractivity contribution >= 4 is 23.2 Å². The molecule has 1 saturated heterocycles. The number of hydrogen-bond donors (Lipinski definition) is 2. The zero-order chi connectivity index (χ0) is 14.7. The van der Waals surface area contributed by atoms with Crippen molar-refractivity contribution in [3.63, 3.8) is 0 Å². The fourth-order valence-electron chi connectivity index (χ4n) is 2.91. The normalized spacial score (nSPS) is 25.6. The highest BCUT2D eigenvalue weighted by atomic mass is 35.5. The van der Waals surface area contributed by atoms with Gasteiger partial charge in [-0.3, -0.25) is 4.90 Å². The van der Waals surface area contributed by atoms with E-state index in [1.165, 1.54) is 0 Å². The van der Waals surface area contributed by atoms with Crippen LogP contribution in [0.5, 0.6) is 0 Å². The molecule has 1 aliphatic heterocycles. The van der Waals surface area contributed by atoms with Crippen molar-refractivity contribution in [2.45, 2.75) is 38.5 Å². The first-order chi connectivity index (χ1) is 9.49. The molecule has 1 aromatic rings. The molecule has 0 spiro atoms. The number of benzene rings is 1. The summed E-state index contributed by atoms with van der Waals surface area (Å²) in [6.45, 7) is 4.53. The van der Waals surface area contributed by atoms with E-state index in [1.54, 1.807) is 0 Å². The molecule has 1 aromatic carbocycles. The molecule has 20 heavy (non-hydrogen) atoms. The quantitative estimate of drug-likeness (QED) is 0.898. The highest BCUT2D eigenvalue weighted by molar-refractivity contribution is 6.42. The number of aliphatic hydroxyl groups excluding tert-OH is 1. The summed E-state index contributed by atoms with van der Waals surface area (Å²) in [5, 5.41) is 11.2. The second-order valence-electron chi connectivity index (χ2n) is 5.67. The van der Waals surface area contributed by atoms with E-state index in [1.807, 2.05) is 25.1 Å². The van der Waals surface area contributed by atoms with E-state index in [9.17, 15) is 5.11 Å². The maximum Gasteiger partial charge on any atom is 0.0595 e. The summed E-state index contributed by atoms with van der Waals surface area (Å²) in [5.74, 6) is 0.256. The van der Waals surface area contributed by atoms with Gasteiger partial charge in [0.2, 0.25) is 0 Å². The van der Waals surface area contributed by atoms with Gasteiger partial charge in [-0.1, -0.05) is 36.2 Å². The number of piperidine rings is 1. The SMILES string of the molecule is CCC(O)C1CC(N)CN(Cc2ccc(Cl)c(Cl)c2)C1. The maximum absolute atomic E-state index is 10.0. The number of hydrogen-bond acceptors (Lipinski definition) is 3. The van der Waals surface area contributed by atoms with E-state index in [-0.39, 0.29) is 18.1 Å². The number of nitrogens with two attached hydrogens (primary N) is 1. The first-order valence-corrected chi connectivity index (χ1v) is 7.85. The number of likely N-dealkylation sites (tertiary alicyclic amines) is 1. The van der Waals surface area contributed by atoms with Gasteiger partial charge in [0.05, 0.1) is 16.1 Å². The van der Waals surface area contributed by atoms with Crippen molar-refractivity contribution in [1.29, 1.82) is 0 Å². The van der Waals surface area contributed by atoms with E-state index >= 15 is 0 Å². The van der Waals surface area contributed by atoms with Crippen molar-refractivity contribution in [2.24, 2.45) is 11.7 Å². The van der Waals surface area contributed by atoms with E-state index in [0.717, 1.165) is 38.0 Å². The molecule has 5 heteroatoms. The Morgan fingerprint density at radius 1 is 1.35 bits per heavy atom. The third-order valence-electron chi connectivity index (χ3n) is 3.94. The van der Waals surface area contributed by atoms with Crippen LogP contribution in [0.2, 0.25) is 10.0 Å². The van der Waals surface area contributed by atoms with E-state index < -0.39 is 0 Å². The Morgan fingerprint density at radius 3 is 2.75 bits per heavy atom. The van der Waals surface area contributed by atoms with Crippen LogP contribution >= 0.6 is 23.2 Å². The molecule has 0 aliphatic carbocycles. The Hall–Kier alpha value is -0.320. The molecule has 3 N–H and O–H groups in total. The fraction of sp³-hybridized carbons (Fsp3) is 0.600. The van der Waals surface area contributed by atoms with Gasteiger partial charge in [-0.05, 0) is 36.5 Å². The highest BCUT2D eigenvalue weighted by Crippen LogP contribution is 2.26. The van der Waals surface area contributed by atoms with E-state index in [2.05, 4.69) is 4.90 Å². The molecule has 3 unspecified atom stereocenters. The van der Waals surface area contributed by atoms with Crippen molar-refractivity contribution < 1.29 is 5.11 Å². The predicted molar refractivity (Wildman–Crippen MR) is 84.1 cm³/mol. The smallest absolute Gasteiger partial charge is 0.0595 e. The molecular weight excluding hydrogens is 295 g/mol. The van der Waals surface area contributed by atoms with Crippen molar-refractivity contribution in [3.05, 3.63) is 33.8 Å². The summed E-state index contributed by atoms with van der Waals surface area (Å²) in [7, 11) is 0. The van der Waals surface area contributed by atoms with Crippen LogP contribution < -0.4 is 5.73 Å². The average molecular weight is 317 g/mol. The van der Waals surface area contributed by atoms with Crippen molar-refractivity contribution in [1.82, 2.24) is 4.90 Å². The number of nitrogens with zero attached hydrogens (tertiary/aromatic N) is 1. The van der Waals surface area contributed by atoms with Crippen LogP contribution in [0.4, 0.5) is 0 Å². The Balaban J connectivity index is 2.02. The molecule has 3 atom stereocenters. The summed E-state index contributed by atoms with van der Waals surface area (Å²) < 4.78 is 0. The lowest BCUT2D eigenvalue weighted by molar-refractivity contribution is 0.0387. The van der Waals surface area contributed by atoms with Crippen LogP contribution in [0, 0.1) is 5.92 Å². The lowest BCUT2D eigenvalue weighted by Gasteiger charge is -2.38. The molecule has 112 valence electrons. The number of rotatable bonds is 4. The molecule has 1 aliphatic rings. The van der Waals surface area contributed by atoms with Gasteiger partial charge in [0, 0.05) is 25.7 Å². The van der Waals surface area contributed by atoms with E-state index in [0.29, 0.717) is 10.0 Å². The molecule has 0 radical (unpaired) electrons. The minimum atomic E-state index is -0.266. The fourth-order valence-corrected chi connectivity index (χ4v) is 3.23. The molecule has 0 amide bonds. The summed E-state index contributed by atoms with van der Waals surface area (Å²) in [4.78, 5) is 2.29. The third-order valence-corrected chi connectivity index (χ3v) is 4.68. The molecule has 0 saturated carbocycles. The Kier molecular flexibility index (Phi) is 5.70. The van der Waals surface area contributed by atoms with Gasteiger partial charge in [0.25, 0.3) is 0 Å². The predicted octanol–water partition coefficient (Wildman–Crippen LogP) is 2.91. The van der Waals surface area contributed by atoms with Crippen molar-refractivity contribution in [2.75, 3.05) is 13.1 Å². The molecule has 1 heterocycles. The monoisotopic (exact) mass is 316 g/mol. The van der Waals surface area contributed by atoms with Gasteiger partial charge >= 0.3 is 0 Å². The number of aliphatic hydroxyl groups is 1. The van der Waals surface area contributed by atoms with Crippen LogP contribution in [0.1, 0.15) is 25.3 Å². The van der Waals surface area contributed by atoms with Gasteiger partial charge in [0.1, 0.15) is 0 Å². The minimum absolute atomic E-state index is 0.123. The topological polar surface area (TPSA) is 49.5 Å². The van der Waals surface area contributed by atoms with Gasteiger partial charge < -0.3 is 10.8 Å². The van der Waals surface area contributed by atoms with Crippen molar-refractivity contribution in [3.8, 4) is 0 Å². The zero-order valence-electron chi connectivity index (χ0n) is 11.7. The standard InChI is InChI=1S/C15H22Cl2N2O/c1-2-15(20)11-6-12(18)9-19(8-11)7-10-3-4-13(16)14(17)5-10/h3-5,11-12,15,20H,2,6-9,18H2,1H3. The molecule has 0 aromatic heterocycles. The molecule has 0 bridgehead atoms. The first kappa shape index (κ1) is 16.1. The van der Waals surface area contributed by atoms with Gasteiger partial charge in [-0.2, -0.15) is 0 Å². The van der Waals surface area contributed by atoms with Crippen LogP contribution in [0.3, 0.4) is 0 Å². The molecular formula is C15H22Cl2N2O. The Labute approximate surface area is 130 Å². The lowest BCUT2D eigenvalue weighted by Crippen LogP contribution is -2.49. The maximum atomic E-state index is 10.0. The van der Waals surface area contributed by atoms with Crippen LogP contribution in [0.25, 0.3) is 0 Å². The summed E-state index contributed by atoms with van der Waals surface area (Å²) >= 11 is 12.0. The summed E-state index contributed by atoms with van der Waals surface area (Å²) in [6, 6.07) is 5.83. The van der Waals surface area contributed by atoms with Gasteiger partial charge in [-0.25, -0.2) is 0 Å². The second-order valence-corrected chi connectivity index (χ2v) is 6.49. The Bertz CT molecular complexity index is 455. The Morgan fingerprint density at radius 2 is 2.10 bits per heavy atom. The minimum Gasteiger partial charge on any atom is -0.393 e. The molecule has 2 rings (SSSR count).